The number of nitrogens with one attached hydrogen (secondary N) is 2. The van der Waals surface area contributed by atoms with E-state index in [4.69, 9.17) is 14.6 Å². The van der Waals surface area contributed by atoms with Crippen molar-refractivity contribution >= 4 is 22.9 Å². The van der Waals surface area contributed by atoms with Gasteiger partial charge in [0.1, 0.15) is 0 Å². The molecule has 0 spiro atoms. The summed E-state index contributed by atoms with van der Waals surface area (Å²) in [7, 11) is 0. The average Bonchev–Trinajstić information content (AvgIpc) is 3.53. The summed E-state index contributed by atoms with van der Waals surface area (Å²) in [6, 6.07) is 32.0. The number of aromatic nitrogens is 2. The van der Waals surface area contributed by atoms with Crippen molar-refractivity contribution in [1.82, 2.24) is 19.8 Å². The Morgan fingerprint density at radius 3 is 2.36 bits per heavy atom. The standard InChI is InChI=1S/C42H46N4O7/c47-27-28-14-16-30(17-15-28)38-24-35(26-45-20-18-34(19-21-45)46-37-11-2-1-10-36(37)44-42(46)51)52-41(53-38)33-9-4-8-32(23-33)31-7-3-6-29(22-31)25-43-39(48)12-5-13-40(49)50/h1-4,6-11,14-17,22-23,34-35,38,41,47H,5,12-13,18-21,24-27H2,(H,43,48)(H,44,51)(H,49,50). The predicted molar refractivity (Wildman–Crippen MR) is 201 cm³/mol. The Hall–Kier alpha value is -5.07. The second-order valence-corrected chi connectivity index (χ2v) is 14.0. The van der Waals surface area contributed by atoms with Crippen molar-refractivity contribution in [3.05, 3.63) is 130 Å². The van der Waals surface area contributed by atoms with Gasteiger partial charge in [-0.15, -0.1) is 0 Å². The van der Waals surface area contributed by atoms with Crippen LogP contribution in [0.1, 0.15) is 79.2 Å². The van der Waals surface area contributed by atoms with Crippen molar-refractivity contribution < 1.29 is 29.3 Å². The first kappa shape index (κ1) is 36.3. The molecule has 2 aliphatic rings. The first-order chi connectivity index (χ1) is 25.8. The summed E-state index contributed by atoms with van der Waals surface area (Å²) in [5.41, 5.74) is 7.47. The second-order valence-electron chi connectivity index (χ2n) is 14.0. The lowest BCUT2D eigenvalue weighted by Crippen LogP contribution is -2.43. The number of aromatic amines is 1. The smallest absolute Gasteiger partial charge is 0.326 e. The molecule has 276 valence electrons. The fourth-order valence-corrected chi connectivity index (χ4v) is 7.53. The van der Waals surface area contributed by atoms with Crippen LogP contribution in [0.25, 0.3) is 22.2 Å². The van der Waals surface area contributed by atoms with E-state index in [9.17, 15) is 19.5 Å². The number of piperidine rings is 1. The number of fused-ring (bicyclic) bond motifs is 1. The molecule has 4 aromatic carbocycles. The molecule has 11 nitrogen and oxygen atoms in total. The van der Waals surface area contributed by atoms with Gasteiger partial charge in [0.15, 0.2) is 6.29 Å². The summed E-state index contributed by atoms with van der Waals surface area (Å²) in [5, 5.41) is 21.4. The third kappa shape index (κ3) is 8.94. The number of rotatable bonds is 13. The molecule has 0 aliphatic carbocycles. The summed E-state index contributed by atoms with van der Waals surface area (Å²) in [5.74, 6) is -1.08. The lowest BCUT2D eigenvalue weighted by Gasteiger charge is -2.40. The molecule has 2 fully saturated rings. The van der Waals surface area contributed by atoms with E-state index in [1.807, 2.05) is 95.6 Å². The summed E-state index contributed by atoms with van der Waals surface area (Å²) < 4.78 is 15.3. The highest BCUT2D eigenvalue weighted by Crippen LogP contribution is 2.39. The van der Waals surface area contributed by atoms with Crippen LogP contribution in [0.4, 0.5) is 0 Å². The molecule has 3 unspecified atom stereocenters. The highest BCUT2D eigenvalue weighted by atomic mass is 16.7. The van der Waals surface area contributed by atoms with E-state index in [1.165, 1.54) is 0 Å². The molecular formula is C42H46N4O7. The van der Waals surface area contributed by atoms with Gasteiger partial charge in [0.2, 0.25) is 5.91 Å². The molecule has 3 heterocycles. The fraction of sp³-hybridized carbons (Fsp3) is 0.357. The molecule has 2 saturated heterocycles. The predicted octanol–water partition coefficient (Wildman–Crippen LogP) is 6.24. The summed E-state index contributed by atoms with van der Waals surface area (Å²) >= 11 is 0. The number of amides is 1. The van der Waals surface area contributed by atoms with Crippen LogP contribution in [0, 0.1) is 0 Å². The number of para-hydroxylation sites is 2. The molecule has 0 radical (unpaired) electrons. The van der Waals surface area contributed by atoms with E-state index in [0.29, 0.717) is 19.4 Å². The Morgan fingerprint density at radius 2 is 1.58 bits per heavy atom. The normalized spacial score (nSPS) is 19.7. The number of carboxylic acids is 1. The number of likely N-dealkylation sites (tertiary alicyclic amines) is 1. The molecular weight excluding hydrogens is 672 g/mol. The zero-order chi connectivity index (χ0) is 36.7. The molecule has 0 saturated carbocycles. The number of carbonyl (C=O) groups is 2. The van der Waals surface area contributed by atoms with Crippen molar-refractivity contribution in [3.63, 3.8) is 0 Å². The first-order valence-corrected chi connectivity index (χ1v) is 18.4. The molecule has 2 aliphatic heterocycles. The van der Waals surface area contributed by atoms with Gasteiger partial charge in [-0.2, -0.15) is 0 Å². The Bertz CT molecular complexity index is 2080. The molecule has 7 rings (SSSR count). The number of aliphatic hydroxyl groups is 1. The molecule has 5 aromatic rings. The zero-order valence-electron chi connectivity index (χ0n) is 29.7. The van der Waals surface area contributed by atoms with E-state index < -0.39 is 12.3 Å². The maximum atomic E-state index is 12.9. The van der Waals surface area contributed by atoms with Gasteiger partial charge < -0.3 is 34.9 Å². The van der Waals surface area contributed by atoms with Crippen molar-refractivity contribution in [3.8, 4) is 11.1 Å². The maximum absolute atomic E-state index is 12.9. The van der Waals surface area contributed by atoms with Crippen molar-refractivity contribution in [2.24, 2.45) is 0 Å². The Kier molecular flexibility index (Phi) is 11.5. The number of carbonyl (C=O) groups excluding carboxylic acids is 1. The highest BCUT2D eigenvalue weighted by molar-refractivity contribution is 5.77. The Morgan fingerprint density at radius 1 is 0.830 bits per heavy atom. The van der Waals surface area contributed by atoms with Crippen molar-refractivity contribution in [1.29, 1.82) is 0 Å². The van der Waals surface area contributed by atoms with E-state index in [2.05, 4.69) is 21.3 Å². The van der Waals surface area contributed by atoms with Crippen LogP contribution in [-0.4, -0.2) is 62.3 Å². The van der Waals surface area contributed by atoms with E-state index in [0.717, 1.165) is 76.9 Å². The second kappa shape index (κ2) is 16.7. The van der Waals surface area contributed by atoms with Crippen LogP contribution in [0.5, 0.6) is 0 Å². The lowest BCUT2D eigenvalue weighted by molar-refractivity contribution is -0.253. The maximum Gasteiger partial charge on any atom is 0.326 e. The van der Waals surface area contributed by atoms with Gasteiger partial charge in [-0.05, 0) is 71.3 Å². The minimum atomic E-state index is -0.905. The minimum Gasteiger partial charge on any atom is -0.481 e. The summed E-state index contributed by atoms with van der Waals surface area (Å²) in [4.78, 5) is 41.3. The van der Waals surface area contributed by atoms with Crippen LogP contribution in [0.3, 0.4) is 0 Å². The molecule has 0 bridgehead atoms. The van der Waals surface area contributed by atoms with E-state index >= 15 is 0 Å². The number of ether oxygens (including phenoxy) is 2. The van der Waals surface area contributed by atoms with Crippen LogP contribution in [0.15, 0.2) is 102 Å². The monoisotopic (exact) mass is 718 g/mol. The Labute approximate surface area is 308 Å². The van der Waals surface area contributed by atoms with Gasteiger partial charge in [0, 0.05) is 57.0 Å². The molecule has 53 heavy (non-hydrogen) atoms. The molecule has 1 aromatic heterocycles. The van der Waals surface area contributed by atoms with Gasteiger partial charge >= 0.3 is 11.7 Å². The zero-order valence-corrected chi connectivity index (χ0v) is 29.7. The van der Waals surface area contributed by atoms with Gasteiger partial charge in [0.25, 0.3) is 0 Å². The van der Waals surface area contributed by atoms with Gasteiger partial charge in [-0.3, -0.25) is 14.2 Å². The van der Waals surface area contributed by atoms with Crippen LogP contribution < -0.4 is 11.0 Å². The average molecular weight is 719 g/mol. The molecule has 11 heteroatoms. The number of benzene rings is 4. The third-order valence-corrected chi connectivity index (χ3v) is 10.3. The summed E-state index contributed by atoms with van der Waals surface area (Å²) in [6.45, 7) is 2.78. The molecule has 4 N–H and O–H groups in total. The van der Waals surface area contributed by atoms with E-state index in [-0.39, 0.29) is 49.3 Å². The number of imidazole rings is 1. The van der Waals surface area contributed by atoms with Crippen LogP contribution in [-0.2, 0) is 32.2 Å². The van der Waals surface area contributed by atoms with Gasteiger partial charge in [-0.1, -0.05) is 72.8 Å². The minimum absolute atomic E-state index is 0.0199. The number of carboxylic acid groups (broad SMARTS) is 1. The van der Waals surface area contributed by atoms with Gasteiger partial charge in [-0.25, -0.2) is 4.79 Å². The number of aliphatic carboxylic acids is 1. The Balaban J connectivity index is 1.04. The molecule has 3 atom stereocenters. The number of H-pyrrole nitrogens is 1. The summed E-state index contributed by atoms with van der Waals surface area (Å²) in [6.07, 6.45) is 1.96. The number of nitrogens with zero attached hydrogens (tertiary/aromatic N) is 2. The van der Waals surface area contributed by atoms with Crippen LogP contribution >= 0.6 is 0 Å². The number of aliphatic hydroxyl groups excluding tert-OH is 1. The highest BCUT2D eigenvalue weighted by Gasteiger charge is 2.34. The largest absolute Gasteiger partial charge is 0.481 e. The number of hydrogen-bond acceptors (Lipinski definition) is 7. The van der Waals surface area contributed by atoms with E-state index in [1.54, 1.807) is 0 Å². The van der Waals surface area contributed by atoms with Crippen LogP contribution in [0.2, 0.25) is 0 Å². The quantitative estimate of drug-likeness (QED) is 0.112. The fourth-order valence-electron chi connectivity index (χ4n) is 7.53. The lowest BCUT2D eigenvalue weighted by atomic mass is 9.97. The first-order valence-electron chi connectivity index (χ1n) is 18.4. The third-order valence-electron chi connectivity index (χ3n) is 10.3. The topological polar surface area (TPSA) is 146 Å². The SMILES string of the molecule is O=C(O)CCCC(=O)NCc1cccc(-c2cccc(C3OC(CN4CCC(n5c(=O)[nH]c6ccccc65)CC4)CC(c4ccc(CO)cc4)O3)c2)c1. The van der Waals surface area contributed by atoms with Gasteiger partial charge in [0.05, 0.1) is 29.8 Å². The molecule has 1 amide bonds. The van der Waals surface area contributed by atoms with Crippen molar-refractivity contribution in [2.75, 3.05) is 19.6 Å². The number of hydrogen-bond donors (Lipinski definition) is 4. The van der Waals surface area contributed by atoms with Crippen molar-refractivity contribution in [2.45, 2.75) is 76.2 Å².